The lowest BCUT2D eigenvalue weighted by Crippen LogP contribution is -2.30. The molecule has 4 heteroatoms. The van der Waals surface area contributed by atoms with Crippen LogP contribution >= 0.6 is 0 Å². The van der Waals surface area contributed by atoms with Crippen LogP contribution < -0.4 is 0 Å². The standard InChI is InChI=1S/C14H20N2.C6H8N2/c15-10-14(11-16)8-4-7-13(9-14)12-5-2-1-3-6-12;1-5(3-7)6(2)4-8/h12-13H,1-9H2;5-6H,1-2H3. The monoisotopic (exact) mass is 324 g/mol. The zero-order valence-electron chi connectivity index (χ0n) is 15.0. The summed E-state index contributed by atoms with van der Waals surface area (Å²) >= 11 is 0. The van der Waals surface area contributed by atoms with E-state index in [-0.39, 0.29) is 11.8 Å². The quantitative estimate of drug-likeness (QED) is 0.706. The molecular formula is C20H28N4. The number of nitrogens with zero attached hydrogens (tertiary/aromatic N) is 4. The topological polar surface area (TPSA) is 95.2 Å². The minimum Gasteiger partial charge on any atom is -0.198 e. The summed E-state index contributed by atoms with van der Waals surface area (Å²) in [5.41, 5.74) is -0.652. The molecule has 0 aromatic rings. The van der Waals surface area contributed by atoms with Crippen molar-refractivity contribution >= 4 is 0 Å². The first-order chi connectivity index (χ1) is 11.5. The van der Waals surface area contributed by atoms with Gasteiger partial charge in [-0.15, -0.1) is 0 Å². The van der Waals surface area contributed by atoms with Crippen molar-refractivity contribution in [1.29, 1.82) is 21.0 Å². The minimum absolute atomic E-state index is 0.139. The Hall–Kier alpha value is -2.04. The van der Waals surface area contributed by atoms with Gasteiger partial charge in [0.25, 0.3) is 0 Å². The van der Waals surface area contributed by atoms with Crippen LogP contribution in [0, 0.1) is 74.4 Å². The average molecular weight is 324 g/mol. The molecule has 0 aliphatic heterocycles. The van der Waals surface area contributed by atoms with E-state index in [4.69, 9.17) is 10.5 Å². The SMILES string of the molecule is CC(C#N)C(C)C#N.N#CC1(C#N)CCCC(C2CCCCC2)C1. The third-order valence-electron chi connectivity index (χ3n) is 5.69. The maximum absolute atomic E-state index is 9.19. The first kappa shape index (κ1) is 20.0. The van der Waals surface area contributed by atoms with E-state index in [0.717, 1.165) is 25.2 Å². The Kier molecular flexibility index (Phi) is 8.30. The van der Waals surface area contributed by atoms with E-state index in [2.05, 4.69) is 12.1 Å². The molecule has 0 spiro atoms. The molecule has 2 fully saturated rings. The average Bonchev–Trinajstić information content (AvgIpc) is 2.67. The smallest absolute Gasteiger partial charge is 0.144 e. The second kappa shape index (κ2) is 9.96. The van der Waals surface area contributed by atoms with Crippen molar-refractivity contribution in [3.05, 3.63) is 0 Å². The van der Waals surface area contributed by atoms with Crippen molar-refractivity contribution in [2.24, 2.45) is 29.1 Å². The molecule has 0 radical (unpaired) electrons. The fourth-order valence-corrected chi connectivity index (χ4v) is 3.78. The van der Waals surface area contributed by atoms with Crippen LogP contribution in [0.4, 0.5) is 0 Å². The molecule has 0 heterocycles. The van der Waals surface area contributed by atoms with Gasteiger partial charge in [0.15, 0.2) is 0 Å². The van der Waals surface area contributed by atoms with E-state index in [1.807, 2.05) is 12.1 Å². The van der Waals surface area contributed by atoms with E-state index in [0.29, 0.717) is 5.92 Å². The van der Waals surface area contributed by atoms with Gasteiger partial charge in [-0.3, -0.25) is 0 Å². The summed E-state index contributed by atoms with van der Waals surface area (Å²) < 4.78 is 0. The summed E-state index contributed by atoms with van der Waals surface area (Å²) in [4.78, 5) is 0. The van der Waals surface area contributed by atoms with Gasteiger partial charge in [0.05, 0.1) is 36.1 Å². The van der Waals surface area contributed by atoms with Crippen LogP contribution in [0.2, 0.25) is 0 Å². The summed E-state index contributed by atoms with van der Waals surface area (Å²) in [5.74, 6) is 1.17. The molecule has 0 N–H and O–H groups in total. The minimum atomic E-state index is -0.652. The molecule has 3 atom stereocenters. The fourth-order valence-electron chi connectivity index (χ4n) is 3.78. The zero-order valence-corrected chi connectivity index (χ0v) is 15.0. The molecule has 128 valence electrons. The van der Waals surface area contributed by atoms with Gasteiger partial charge in [0, 0.05) is 0 Å². The first-order valence-corrected chi connectivity index (χ1v) is 9.13. The largest absolute Gasteiger partial charge is 0.198 e. The number of nitriles is 4. The van der Waals surface area contributed by atoms with Gasteiger partial charge in [-0.05, 0) is 44.9 Å². The summed E-state index contributed by atoms with van der Waals surface area (Å²) in [6.07, 6.45) is 10.7. The predicted molar refractivity (Wildman–Crippen MR) is 91.7 cm³/mol. The van der Waals surface area contributed by atoms with E-state index < -0.39 is 5.41 Å². The molecule has 0 amide bonds. The lowest BCUT2D eigenvalue weighted by Gasteiger charge is -2.37. The lowest BCUT2D eigenvalue weighted by molar-refractivity contribution is 0.152. The number of hydrogen-bond acceptors (Lipinski definition) is 4. The molecular weight excluding hydrogens is 296 g/mol. The van der Waals surface area contributed by atoms with Gasteiger partial charge < -0.3 is 0 Å². The van der Waals surface area contributed by atoms with Gasteiger partial charge >= 0.3 is 0 Å². The first-order valence-electron chi connectivity index (χ1n) is 9.13. The molecule has 0 aromatic carbocycles. The molecule has 4 nitrogen and oxygen atoms in total. The highest BCUT2D eigenvalue weighted by Gasteiger charge is 2.39. The Bertz CT molecular complexity index is 516. The van der Waals surface area contributed by atoms with Gasteiger partial charge in [0.1, 0.15) is 5.41 Å². The van der Waals surface area contributed by atoms with Gasteiger partial charge in [-0.1, -0.05) is 38.5 Å². The number of rotatable bonds is 2. The molecule has 2 aliphatic rings. The van der Waals surface area contributed by atoms with Gasteiger partial charge in [-0.2, -0.15) is 21.0 Å². The van der Waals surface area contributed by atoms with Crippen LogP contribution in [0.1, 0.15) is 71.6 Å². The molecule has 3 unspecified atom stereocenters. The van der Waals surface area contributed by atoms with E-state index >= 15 is 0 Å². The van der Waals surface area contributed by atoms with E-state index in [1.165, 1.54) is 38.5 Å². The Morgan fingerprint density at radius 1 is 0.750 bits per heavy atom. The second-order valence-corrected chi connectivity index (χ2v) is 7.40. The zero-order chi connectivity index (χ0) is 18.0. The maximum Gasteiger partial charge on any atom is 0.144 e. The molecule has 0 bridgehead atoms. The Morgan fingerprint density at radius 2 is 1.25 bits per heavy atom. The van der Waals surface area contributed by atoms with Gasteiger partial charge in [0.2, 0.25) is 0 Å². The lowest BCUT2D eigenvalue weighted by atomic mass is 9.65. The van der Waals surface area contributed by atoms with Crippen LogP contribution in [0.3, 0.4) is 0 Å². The molecule has 24 heavy (non-hydrogen) atoms. The highest BCUT2D eigenvalue weighted by atomic mass is 14.5. The molecule has 2 aliphatic carbocycles. The highest BCUT2D eigenvalue weighted by molar-refractivity contribution is 5.15. The third-order valence-corrected chi connectivity index (χ3v) is 5.69. The summed E-state index contributed by atoms with van der Waals surface area (Å²) in [5, 5.41) is 34.8. The molecule has 0 saturated heterocycles. The highest BCUT2D eigenvalue weighted by Crippen LogP contribution is 2.45. The van der Waals surface area contributed by atoms with E-state index in [9.17, 15) is 10.5 Å². The third kappa shape index (κ3) is 5.55. The second-order valence-electron chi connectivity index (χ2n) is 7.40. The normalized spacial score (nSPS) is 25.3. The summed E-state index contributed by atoms with van der Waals surface area (Å²) in [6.45, 7) is 3.49. The van der Waals surface area contributed by atoms with Crippen molar-refractivity contribution in [2.45, 2.75) is 71.6 Å². The van der Waals surface area contributed by atoms with Crippen molar-refractivity contribution in [2.75, 3.05) is 0 Å². The Morgan fingerprint density at radius 3 is 1.71 bits per heavy atom. The van der Waals surface area contributed by atoms with Crippen LogP contribution in [0.5, 0.6) is 0 Å². The Labute approximate surface area is 146 Å². The molecule has 0 aromatic heterocycles. The van der Waals surface area contributed by atoms with Crippen LogP contribution in [-0.2, 0) is 0 Å². The van der Waals surface area contributed by atoms with Crippen molar-refractivity contribution in [3.63, 3.8) is 0 Å². The maximum atomic E-state index is 9.19. The molecule has 2 saturated carbocycles. The predicted octanol–water partition coefficient (Wildman–Crippen LogP) is 5.10. The summed E-state index contributed by atoms with van der Waals surface area (Å²) in [7, 11) is 0. The number of hydrogen-bond donors (Lipinski definition) is 0. The van der Waals surface area contributed by atoms with Crippen LogP contribution in [0.25, 0.3) is 0 Å². The van der Waals surface area contributed by atoms with Gasteiger partial charge in [-0.25, -0.2) is 0 Å². The summed E-state index contributed by atoms with van der Waals surface area (Å²) in [6, 6.07) is 8.54. The van der Waals surface area contributed by atoms with Crippen LogP contribution in [-0.4, -0.2) is 0 Å². The van der Waals surface area contributed by atoms with E-state index in [1.54, 1.807) is 13.8 Å². The van der Waals surface area contributed by atoms with Crippen LogP contribution in [0.15, 0.2) is 0 Å². The van der Waals surface area contributed by atoms with Crippen molar-refractivity contribution in [3.8, 4) is 24.3 Å². The molecule has 2 rings (SSSR count). The fraction of sp³-hybridized carbons (Fsp3) is 0.800. The Balaban J connectivity index is 0.000000307. The van der Waals surface area contributed by atoms with Crippen molar-refractivity contribution < 1.29 is 0 Å². The van der Waals surface area contributed by atoms with Crippen molar-refractivity contribution in [1.82, 2.24) is 0 Å².